The Hall–Kier alpha value is -3.01. The molecule has 2 rings (SSSR count). The van der Waals surface area contributed by atoms with E-state index in [9.17, 15) is 19.5 Å². The van der Waals surface area contributed by atoms with Crippen LogP contribution < -0.4 is 0 Å². The smallest absolute Gasteiger partial charge is 0.184 e. The second-order valence-electron chi connectivity index (χ2n) is 9.27. The van der Waals surface area contributed by atoms with E-state index in [0.29, 0.717) is 5.56 Å². The van der Waals surface area contributed by atoms with Gasteiger partial charge >= 0.3 is 0 Å². The van der Waals surface area contributed by atoms with E-state index < -0.39 is 22.9 Å². The monoisotopic (exact) mass is 434 g/mol. The highest BCUT2D eigenvalue weighted by Gasteiger charge is 2.56. The van der Waals surface area contributed by atoms with Crippen molar-refractivity contribution in [1.29, 1.82) is 0 Å². The Kier molecular flexibility index (Phi) is 8.31. The van der Waals surface area contributed by atoms with Crippen LogP contribution in [0.5, 0.6) is 0 Å². The first-order valence-corrected chi connectivity index (χ1v) is 11.0. The third kappa shape index (κ3) is 5.42. The van der Waals surface area contributed by atoms with Gasteiger partial charge in [0.2, 0.25) is 0 Å². The Morgan fingerprint density at radius 2 is 1.34 bits per heavy atom. The lowest BCUT2D eigenvalue weighted by atomic mass is 9.60. The molecule has 1 fully saturated rings. The molecule has 0 aromatic heterocycles. The Bertz CT molecular complexity index is 987. The quantitative estimate of drug-likeness (QED) is 0.178. The molecule has 1 unspecified atom stereocenters. The number of carbonyl (C=O) groups is 3. The summed E-state index contributed by atoms with van der Waals surface area (Å²) in [5.41, 5.74) is 1.67. The van der Waals surface area contributed by atoms with E-state index in [1.807, 2.05) is 59.8 Å². The third-order valence-electron chi connectivity index (χ3n) is 5.78. The lowest BCUT2D eigenvalue weighted by molar-refractivity contribution is -0.148. The van der Waals surface area contributed by atoms with E-state index in [4.69, 9.17) is 0 Å². The summed E-state index contributed by atoms with van der Waals surface area (Å²) in [5.74, 6) is -2.89. The van der Waals surface area contributed by atoms with Crippen LogP contribution >= 0.6 is 0 Å². The number of hydrogen-bond acceptors (Lipinski definition) is 4. The van der Waals surface area contributed by atoms with Gasteiger partial charge < -0.3 is 5.11 Å². The average molecular weight is 435 g/mol. The van der Waals surface area contributed by atoms with E-state index in [2.05, 4.69) is 0 Å². The maximum Gasteiger partial charge on any atom is 0.184 e. The van der Waals surface area contributed by atoms with Gasteiger partial charge in [-0.25, -0.2) is 0 Å². The molecule has 1 aliphatic carbocycles. The minimum atomic E-state index is -1.42. The van der Waals surface area contributed by atoms with Crippen molar-refractivity contribution in [3.05, 3.63) is 76.4 Å². The molecule has 0 saturated heterocycles. The summed E-state index contributed by atoms with van der Waals surface area (Å²) in [6, 6.07) is 8.56. The van der Waals surface area contributed by atoms with Crippen molar-refractivity contribution >= 4 is 23.1 Å². The fourth-order valence-corrected chi connectivity index (χ4v) is 3.85. The van der Waals surface area contributed by atoms with Gasteiger partial charge in [-0.3, -0.25) is 14.4 Å². The molecule has 1 N–H and O–H groups in total. The van der Waals surface area contributed by atoms with Gasteiger partial charge in [-0.05, 0) is 60.8 Å². The van der Waals surface area contributed by atoms with E-state index >= 15 is 0 Å². The molecule has 0 radical (unpaired) electrons. The number of carbonyl (C=O) groups excluding carboxylic acids is 3. The Balaban J connectivity index is 2.80. The highest BCUT2D eigenvalue weighted by molar-refractivity contribution is 6.39. The molecular formula is C28H34O4. The second kappa shape index (κ2) is 10.5. The first-order chi connectivity index (χ1) is 15.0. The van der Waals surface area contributed by atoms with Crippen molar-refractivity contribution in [2.24, 2.45) is 11.3 Å². The maximum absolute atomic E-state index is 13.9. The van der Waals surface area contributed by atoms with Crippen molar-refractivity contribution in [3.63, 3.8) is 0 Å². The summed E-state index contributed by atoms with van der Waals surface area (Å²) in [6.07, 6.45) is 6.20. The standard InChI is InChI=1S/C28H34O4/c1-18(2)12-13-22-25(30)23(24(29)21-10-8-7-9-11-21)27(32)28(26(22)31,16-14-19(3)4)17-15-20(5)6/h7-12,14-15,22,29H,13,16-17H2,1-6H3/b24-23+. The Labute approximate surface area is 191 Å². The molecular weight excluding hydrogens is 400 g/mol. The van der Waals surface area contributed by atoms with E-state index in [1.165, 1.54) is 0 Å². The molecule has 32 heavy (non-hydrogen) atoms. The number of allylic oxidation sites excluding steroid dienone is 7. The molecule has 0 bridgehead atoms. The van der Waals surface area contributed by atoms with E-state index in [-0.39, 0.29) is 36.4 Å². The van der Waals surface area contributed by atoms with Crippen molar-refractivity contribution < 1.29 is 19.5 Å². The summed E-state index contributed by atoms with van der Waals surface area (Å²) >= 11 is 0. The number of aliphatic hydroxyl groups is 1. The zero-order valence-corrected chi connectivity index (χ0v) is 20.0. The first kappa shape index (κ1) is 25.3. The molecule has 1 aromatic rings. The molecule has 0 spiro atoms. The van der Waals surface area contributed by atoms with Crippen molar-refractivity contribution in [2.75, 3.05) is 0 Å². The topological polar surface area (TPSA) is 71.4 Å². The predicted octanol–water partition coefficient (Wildman–Crippen LogP) is 6.35. The summed E-state index contributed by atoms with van der Waals surface area (Å²) in [6.45, 7) is 11.5. The predicted molar refractivity (Wildman–Crippen MR) is 129 cm³/mol. The minimum Gasteiger partial charge on any atom is -0.506 e. The SMILES string of the molecule is CC(C)=CCC1C(=O)/C(=C(\O)c2ccccc2)C(=O)C(CC=C(C)C)(CC=C(C)C)C1=O. The van der Waals surface area contributed by atoms with Gasteiger partial charge in [-0.2, -0.15) is 0 Å². The van der Waals surface area contributed by atoms with E-state index in [0.717, 1.165) is 16.7 Å². The lowest BCUT2D eigenvalue weighted by Crippen LogP contribution is -2.52. The molecule has 1 aromatic carbocycles. The van der Waals surface area contributed by atoms with Gasteiger partial charge in [-0.1, -0.05) is 65.3 Å². The van der Waals surface area contributed by atoms with Crippen LogP contribution in [-0.4, -0.2) is 22.5 Å². The molecule has 4 heteroatoms. The van der Waals surface area contributed by atoms with Gasteiger partial charge in [-0.15, -0.1) is 0 Å². The second-order valence-corrected chi connectivity index (χ2v) is 9.27. The maximum atomic E-state index is 13.9. The highest BCUT2D eigenvalue weighted by Crippen LogP contribution is 2.44. The number of aliphatic hydroxyl groups excluding tert-OH is 1. The molecule has 4 nitrogen and oxygen atoms in total. The van der Waals surface area contributed by atoms with Crippen LogP contribution in [0, 0.1) is 11.3 Å². The zero-order chi connectivity index (χ0) is 24.1. The van der Waals surface area contributed by atoms with Gasteiger partial charge in [0.15, 0.2) is 17.3 Å². The van der Waals surface area contributed by atoms with Gasteiger partial charge in [0, 0.05) is 5.56 Å². The summed E-state index contributed by atoms with van der Waals surface area (Å²) in [4.78, 5) is 41.1. The van der Waals surface area contributed by atoms with Gasteiger partial charge in [0.25, 0.3) is 0 Å². The van der Waals surface area contributed by atoms with Crippen LogP contribution in [0.15, 0.2) is 70.9 Å². The van der Waals surface area contributed by atoms with Crippen molar-refractivity contribution in [1.82, 2.24) is 0 Å². The molecule has 0 heterocycles. The highest BCUT2D eigenvalue weighted by atomic mass is 16.3. The first-order valence-electron chi connectivity index (χ1n) is 11.0. The lowest BCUT2D eigenvalue weighted by Gasteiger charge is -2.37. The fourth-order valence-electron chi connectivity index (χ4n) is 3.85. The van der Waals surface area contributed by atoms with Crippen LogP contribution in [-0.2, 0) is 14.4 Å². The zero-order valence-electron chi connectivity index (χ0n) is 20.0. The van der Waals surface area contributed by atoms with Crippen LogP contribution in [0.25, 0.3) is 5.76 Å². The van der Waals surface area contributed by atoms with Crippen molar-refractivity contribution in [2.45, 2.75) is 60.8 Å². The summed E-state index contributed by atoms with van der Waals surface area (Å²) in [5, 5.41) is 11.0. The van der Waals surface area contributed by atoms with Gasteiger partial charge in [0.05, 0.1) is 11.3 Å². The third-order valence-corrected chi connectivity index (χ3v) is 5.78. The fraction of sp³-hybridized carbons (Fsp3) is 0.393. The average Bonchev–Trinajstić information content (AvgIpc) is 2.73. The van der Waals surface area contributed by atoms with Gasteiger partial charge in [0.1, 0.15) is 11.3 Å². The van der Waals surface area contributed by atoms with Crippen LogP contribution in [0.4, 0.5) is 0 Å². The van der Waals surface area contributed by atoms with Crippen LogP contribution in [0.2, 0.25) is 0 Å². The molecule has 0 amide bonds. The number of hydrogen-bond donors (Lipinski definition) is 1. The molecule has 1 aliphatic rings. The van der Waals surface area contributed by atoms with Crippen LogP contribution in [0.1, 0.15) is 66.4 Å². The Morgan fingerprint density at radius 1 is 0.844 bits per heavy atom. The molecule has 1 saturated carbocycles. The largest absolute Gasteiger partial charge is 0.506 e. The Morgan fingerprint density at radius 3 is 1.81 bits per heavy atom. The number of Topliss-reactive ketones (excluding diaryl/α,β-unsaturated/α-hetero) is 3. The molecule has 170 valence electrons. The number of benzene rings is 1. The minimum absolute atomic E-state index is 0.195. The summed E-state index contributed by atoms with van der Waals surface area (Å²) in [7, 11) is 0. The number of ketones is 3. The van der Waals surface area contributed by atoms with Crippen LogP contribution in [0.3, 0.4) is 0 Å². The molecule has 0 aliphatic heterocycles. The summed E-state index contributed by atoms with van der Waals surface area (Å²) < 4.78 is 0. The van der Waals surface area contributed by atoms with Crippen molar-refractivity contribution in [3.8, 4) is 0 Å². The normalized spacial score (nSPS) is 19.3. The number of rotatable bonds is 7. The van der Waals surface area contributed by atoms with E-state index in [1.54, 1.807) is 30.3 Å². The molecule has 1 atom stereocenters.